The maximum atomic E-state index is 11.1. The van der Waals surface area contributed by atoms with E-state index in [2.05, 4.69) is 9.97 Å². The number of nitrogens with zero attached hydrogens (tertiary/aromatic N) is 2. The molecule has 0 bridgehead atoms. The molecule has 0 amide bonds. The van der Waals surface area contributed by atoms with Gasteiger partial charge < -0.3 is 14.6 Å². The molecule has 0 saturated carbocycles. The molecule has 0 atom stereocenters. The third-order valence-electron chi connectivity index (χ3n) is 4.24. The summed E-state index contributed by atoms with van der Waals surface area (Å²) >= 11 is 5.90. The van der Waals surface area contributed by atoms with Gasteiger partial charge in [-0.3, -0.25) is 0 Å². The highest BCUT2D eigenvalue weighted by Gasteiger charge is 2.29. The smallest absolute Gasteiger partial charge is 0.347 e. The fourth-order valence-corrected chi connectivity index (χ4v) is 2.63. The van der Waals surface area contributed by atoms with Gasteiger partial charge in [-0.25, -0.2) is 14.8 Å². The zero-order valence-corrected chi connectivity index (χ0v) is 16.9. The summed E-state index contributed by atoms with van der Waals surface area (Å²) in [6.07, 6.45) is 4.08. The van der Waals surface area contributed by atoms with Crippen LogP contribution >= 0.6 is 11.6 Å². The zero-order valence-electron chi connectivity index (χ0n) is 16.1. The van der Waals surface area contributed by atoms with E-state index in [1.807, 2.05) is 36.4 Å². The Morgan fingerprint density at radius 1 is 1.00 bits per heavy atom. The Bertz CT molecular complexity index is 956. The van der Waals surface area contributed by atoms with Crippen molar-refractivity contribution in [1.82, 2.24) is 9.97 Å². The summed E-state index contributed by atoms with van der Waals surface area (Å²) in [4.78, 5) is 19.6. The van der Waals surface area contributed by atoms with Crippen LogP contribution in [-0.4, -0.2) is 33.3 Å². The van der Waals surface area contributed by atoms with Crippen molar-refractivity contribution in [3.63, 3.8) is 0 Å². The second-order valence-corrected chi connectivity index (χ2v) is 7.36. The lowest BCUT2D eigenvalue weighted by atomic mass is 10.1. The quantitative estimate of drug-likeness (QED) is 0.579. The zero-order chi connectivity index (χ0) is 20.9. The number of halogens is 1. The Hall–Kier alpha value is -3.12. The number of carboxylic acids is 1. The Morgan fingerprint density at radius 3 is 2.21 bits per heavy atom. The van der Waals surface area contributed by atoms with Gasteiger partial charge in [0.05, 0.1) is 6.61 Å². The summed E-state index contributed by atoms with van der Waals surface area (Å²) in [6.45, 7) is 3.44. The fraction of sp³-hybridized carbons (Fsp3) is 0.227. The van der Waals surface area contributed by atoms with Gasteiger partial charge in [0.1, 0.15) is 5.75 Å². The molecule has 0 aliphatic rings. The Kier molecular flexibility index (Phi) is 6.34. The molecule has 1 heterocycles. The minimum atomic E-state index is -1.28. The van der Waals surface area contributed by atoms with Crippen LogP contribution in [0.1, 0.15) is 19.4 Å². The number of rotatable bonds is 8. The maximum Gasteiger partial charge on any atom is 0.347 e. The molecule has 150 valence electrons. The predicted molar refractivity (Wildman–Crippen MR) is 110 cm³/mol. The molecule has 1 aromatic heterocycles. The van der Waals surface area contributed by atoms with E-state index >= 15 is 0 Å². The van der Waals surface area contributed by atoms with Crippen LogP contribution in [0.25, 0.3) is 11.1 Å². The van der Waals surface area contributed by atoms with Crippen molar-refractivity contribution in [3.8, 4) is 22.9 Å². The van der Waals surface area contributed by atoms with Crippen molar-refractivity contribution >= 4 is 17.6 Å². The van der Waals surface area contributed by atoms with Gasteiger partial charge in [0, 0.05) is 29.4 Å². The number of ether oxygens (including phenoxy) is 2. The Morgan fingerprint density at radius 2 is 1.62 bits per heavy atom. The summed E-state index contributed by atoms with van der Waals surface area (Å²) in [5, 5.41) is 9.80. The van der Waals surface area contributed by atoms with E-state index < -0.39 is 11.6 Å². The van der Waals surface area contributed by atoms with Gasteiger partial charge in [-0.2, -0.15) is 0 Å². The van der Waals surface area contributed by atoms with Crippen molar-refractivity contribution in [2.24, 2.45) is 0 Å². The number of aromatic nitrogens is 2. The Balaban J connectivity index is 1.51. The van der Waals surface area contributed by atoms with Gasteiger partial charge in [-0.05, 0) is 49.2 Å². The average Bonchev–Trinajstić information content (AvgIpc) is 2.70. The molecule has 0 radical (unpaired) electrons. The number of carboxylic acid groups (broad SMARTS) is 1. The highest BCUT2D eigenvalue weighted by molar-refractivity contribution is 6.30. The molecule has 0 spiro atoms. The first kappa shape index (κ1) is 20.6. The molecule has 0 aliphatic carbocycles. The first-order chi connectivity index (χ1) is 13.8. The fourth-order valence-electron chi connectivity index (χ4n) is 2.50. The molecule has 1 N–H and O–H groups in total. The van der Waals surface area contributed by atoms with Crippen molar-refractivity contribution in [1.29, 1.82) is 0 Å². The van der Waals surface area contributed by atoms with Crippen LogP contribution in [0.15, 0.2) is 60.9 Å². The SMILES string of the molecule is CC(C)(Oc1ccc(CCOc2ncc(-c3ccc(Cl)cc3)cn2)cc1)C(=O)O. The predicted octanol–water partition coefficient (Wildman–Crippen LogP) is 4.66. The van der Waals surface area contributed by atoms with Gasteiger partial charge in [0.2, 0.25) is 0 Å². The third-order valence-corrected chi connectivity index (χ3v) is 4.49. The minimum Gasteiger partial charge on any atom is -0.478 e. The highest BCUT2D eigenvalue weighted by atomic mass is 35.5. The van der Waals surface area contributed by atoms with Gasteiger partial charge in [0.25, 0.3) is 0 Å². The van der Waals surface area contributed by atoms with Crippen LogP contribution in [0.5, 0.6) is 11.8 Å². The molecule has 0 saturated heterocycles. The van der Waals surface area contributed by atoms with E-state index in [1.54, 1.807) is 24.5 Å². The lowest BCUT2D eigenvalue weighted by Gasteiger charge is -2.21. The molecule has 3 rings (SSSR count). The molecule has 0 fully saturated rings. The molecule has 0 unspecified atom stereocenters. The standard InChI is InChI=1S/C22H21ClN2O4/c1-22(2,20(26)27)29-19-9-3-15(4-10-19)11-12-28-21-24-13-17(14-25-21)16-5-7-18(23)8-6-16/h3-10,13-14H,11-12H2,1-2H3,(H,26,27). The van der Waals surface area contributed by atoms with Crippen LogP contribution in [0.2, 0.25) is 5.02 Å². The van der Waals surface area contributed by atoms with E-state index in [-0.39, 0.29) is 0 Å². The average molecular weight is 413 g/mol. The summed E-state index contributed by atoms with van der Waals surface area (Å²) in [5.74, 6) is -0.514. The van der Waals surface area contributed by atoms with Crippen molar-refractivity contribution < 1.29 is 19.4 Å². The second-order valence-electron chi connectivity index (χ2n) is 6.92. The topological polar surface area (TPSA) is 81.5 Å². The summed E-state index contributed by atoms with van der Waals surface area (Å²) < 4.78 is 11.1. The second kappa shape index (κ2) is 8.92. The lowest BCUT2D eigenvalue weighted by molar-refractivity contribution is -0.152. The van der Waals surface area contributed by atoms with Crippen LogP contribution in [0, 0.1) is 0 Å². The molecular formula is C22H21ClN2O4. The van der Waals surface area contributed by atoms with Crippen molar-refractivity contribution in [2.45, 2.75) is 25.9 Å². The summed E-state index contributed by atoms with van der Waals surface area (Å²) in [6, 6.07) is 15.0. The van der Waals surface area contributed by atoms with Gasteiger partial charge in [0.15, 0.2) is 5.60 Å². The van der Waals surface area contributed by atoms with E-state index in [4.69, 9.17) is 26.2 Å². The van der Waals surface area contributed by atoms with Crippen molar-refractivity contribution in [2.75, 3.05) is 6.61 Å². The summed E-state index contributed by atoms with van der Waals surface area (Å²) in [5.41, 5.74) is 1.62. The third kappa shape index (κ3) is 5.68. The number of carbonyl (C=O) groups is 1. The van der Waals surface area contributed by atoms with Crippen LogP contribution in [0.4, 0.5) is 0 Å². The molecule has 2 aromatic carbocycles. The van der Waals surface area contributed by atoms with E-state index in [0.717, 1.165) is 16.7 Å². The first-order valence-electron chi connectivity index (χ1n) is 9.06. The first-order valence-corrected chi connectivity index (χ1v) is 9.43. The molecular weight excluding hydrogens is 392 g/mol. The normalized spacial score (nSPS) is 11.1. The number of hydrogen-bond acceptors (Lipinski definition) is 5. The van der Waals surface area contributed by atoms with E-state index in [9.17, 15) is 4.79 Å². The molecule has 29 heavy (non-hydrogen) atoms. The van der Waals surface area contributed by atoms with Crippen LogP contribution in [-0.2, 0) is 11.2 Å². The number of hydrogen-bond donors (Lipinski definition) is 1. The number of benzene rings is 2. The monoisotopic (exact) mass is 412 g/mol. The maximum absolute atomic E-state index is 11.1. The molecule has 6 nitrogen and oxygen atoms in total. The van der Waals surface area contributed by atoms with Crippen LogP contribution < -0.4 is 9.47 Å². The van der Waals surface area contributed by atoms with Gasteiger partial charge in [-0.1, -0.05) is 35.9 Å². The largest absolute Gasteiger partial charge is 0.478 e. The number of aliphatic carboxylic acids is 1. The molecule has 3 aromatic rings. The molecule has 0 aliphatic heterocycles. The minimum absolute atomic E-state index is 0.311. The van der Waals surface area contributed by atoms with Gasteiger partial charge >= 0.3 is 12.0 Å². The van der Waals surface area contributed by atoms with Crippen molar-refractivity contribution in [3.05, 3.63) is 71.5 Å². The van der Waals surface area contributed by atoms with Crippen LogP contribution in [0.3, 0.4) is 0 Å². The summed E-state index contributed by atoms with van der Waals surface area (Å²) in [7, 11) is 0. The Labute approximate surface area is 174 Å². The van der Waals surface area contributed by atoms with E-state index in [1.165, 1.54) is 13.8 Å². The lowest BCUT2D eigenvalue weighted by Crippen LogP contribution is -2.37. The van der Waals surface area contributed by atoms with E-state index in [0.29, 0.717) is 29.8 Å². The molecule has 7 heteroatoms. The van der Waals surface area contributed by atoms with Gasteiger partial charge in [-0.15, -0.1) is 0 Å². The highest BCUT2D eigenvalue weighted by Crippen LogP contribution is 2.21.